The van der Waals surface area contributed by atoms with Crippen LogP contribution >= 0.6 is 0 Å². The summed E-state index contributed by atoms with van der Waals surface area (Å²) in [7, 11) is 0. The molecule has 0 saturated carbocycles. The Labute approximate surface area is 103 Å². The van der Waals surface area contributed by atoms with Gasteiger partial charge in [-0.1, -0.05) is 6.07 Å². The Morgan fingerprint density at radius 1 is 1.22 bits per heavy atom. The Balaban J connectivity index is 2.16. The summed E-state index contributed by atoms with van der Waals surface area (Å²) in [6.45, 7) is 1.76. The standard InChI is InChI=1S/C13H12F2N2O/c1-8(11-4-3-10(18)6-12(11)14)17-9-2-5-13(15)16-7-9/h2-8,17-18H,1H3. The van der Waals surface area contributed by atoms with Gasteiger partial charge < -0.3 is 10.4 Å². The van der Waals surface area contributed by atoms with Gasteiger partial charge in [0, 0.05) is 11.6 Å². The molecule has 1 unspecified atom stereocenters. The highest BCUT2D eigenvalue weighted by Crippen LogP contribution is 2.24. The van der Waals surface area contributed by atoms with Crippen LogP contribution in [0.4, 0.5) is 14.5 Å². The van der Waals surface area contributed by atoms with Crippen molar-refractivity contribution >= 4 is 5.69 Å². The first-order chi connectivity index (χ1) is 8.56. The number of pyridine rings is 1. The van der Waals surface area contributed by atoms with Gasteiger partial charge in [-0.15, -0.1) is 0 Å². The number of anilines is 1. The quantitative estimate of drug-likeness (QED) is 0.822. The van der Waals surface area contributed by atoms with E-state index >= 15 is 0 Å². The van der Waals surface area contributed by atoms with Gasteiger partial charge in [-0.25, -0.2) is 9.37 Å². The third-order valence-corrected chi connectivity index (χ3v) is 2.56. The molecule has 1 aromatic heterocycles. The van der Waals surface area contributed by atoms with Crippen LogP contribution in [0.3, 0.4) is 0 Å². The number of nitrogens with zero attached hydrogens (tertiary/aromatic N) is 1. The lowest BCUT2D eigenvalue weighted by Gasteiger charge is -2.16. The van der Waals surface area contributed by atoms with Gasteiger partial charge >= 0.3 is 0 Å². The molecule has 1 atom stereocenters. The first-order valence-electron chi connectivity index (χ1n) is 5.43. The zero-order chi connectivity index (χ0) is 13.1. The number of aromatic nitrogens is 1. The van der Waals surface area contributed by atoms with Gasteiger partial charge in [0.15, 0.2) is 0 Å². The lowest BCUT2D eigenvalue weighted by molar-refractivity contribution is 0.467. The number of phenolic OH excluding ortho intramolecular Hbond substituents is 1. The molecule has 18 heavy (non-hydrogen) atoms. The van der Waals surface area contributed by atoms with Crippen molar-refractivity contribution in [3.05, 3.63) is 53.9 Å². The molecule has 2 N–H and O–H groups in total. The zero-order valence-corrected chi connectivity index (χ0v) is 9.69. The van der Waals surface area contributed by atoms with E-state index in [0.29, 0.717) is 11.3 Å². The van der Waals surface area contributed by atoms with Gasteiger partial charge in [-0.2, -0.15) is 4.39 Å². The Bertz CT molecular complexity index is 543. The SMILES string of the molecule is CC(Nc1ccc(F)nc1)c1ccc(O)cc1F. The summed E-state index contributed by atoms with van der Waals surface area (Å²) < 4.78 is 26.2. The molecule has 0 amide bonds. The van der Waals surface area contributed by atoms with E-state index in [0.717, 1.165) is 6.07 Å². The van der Waals surface area contributed by atoms with Crippen molar-refractivity contribution in [2.75, 3.05) is 5.32 Å². The van der Waals surface area contributed by atoms with Crippen LogP contribution in [-0.2, 0) is 0 Å². The molecule has 94 valence electrons. The van der Waals surface area contributed by atoms with Crippen LogP contribution in [0.25, 0.3) is 0 Å². The van der Waals surface area contributed by atoms with Crippen LogP contribution in [-0.4, -0.2) is 10.1 Å². The summed E-state index contributed by atoms with van der Waals surface area (Å²) in [6.07, 6.45) is 1.34. The Morgan fingerprint density at radius 3 is 2.61 bits per heavy atom. The van der Waals surface area contributed by atoms with Crippen molar-refractivity contribution in [1.29, 1.82) is 0 Å². The highest BCUT2D eigenvalue weighted by Gasteiger charge is 2.11. The second-order valence-electron chi connectivity index (χ2n) is 3.94. The summed E-state index contributed by atoms with van der Waals surface area (Å²) in [5.41, 5.74) is 1.01. The van der Waals surface area contributed by atoms with Crippen LogP contribution < -0.4 is 5.32 Å². The Morgan fingerprint density at radius 2 is 2.00 bits per heavy atom. The van der Waals surface area contributed by atoms with Crippen molar-refractivity contribution in [3.8, 4) is 5.75 Å². The molecule has 0 bridgehead atoms. The fraction of sp³-hybridized carbons (Fsp3) is 0.154. The molecule has 3 nitrogen and oxygen atoms in total. The van der Waals surface area contributed by atoms with Crippen molar-refractivity contribution in [2.45, 2.75) is 13.0 Å². The first-order valence-corrected chi connectivity index (χ1v) is 5.43. The van der Waals surface area contributed by atoms with E-state index in [2.05, 4.69) is 10.3 Å². The average Bonchev–Trinajstić information content (AvgIpc) is 2.32. The number of halogens is 2. The lowest BCUT2D eigenvalue weighted by Crippen LogP contribution is -2.08. The third kappa shape index (κ3) is 2.74. The molecule has 0 spiro atoms. The van der Waals surface area contributed by atoms with E-state index in [1.807, 2.05) is 0 Å². The maximum atomic E-state index is 13.6. The predicted molar refractivity (Wildman–Crippen MR) is 64.3 cm³/mol. The van der Waals surface area contributed by atoms with E-state index < -0.39 is 11.8 Å². The fourth-order valence-corrected chi connectivity index (χ4v) is 1.66. The second-order valence-corrected chi connectivity index (χ2v) is 3.94. The summed E-state index contributed by atoms with van der Waals surface area (Å²) in [4.78, 5) is 3.50. The third-order valence-electron chi connectivity index (χ3n) is 2.56. The highest BCUT2D eigenvalue weighted by molar-refractivity contribution is 5.43. The van der Waals surface area contributed by atoms with Gasteiger partial charge in [0.1, 0.15) is 11.6 Å². The summed E-state index contributed by atoms with van der Waals surface area (Å²) in [5, 5.41) is 12.1. The number of rotatable bonds is 3. The summed E-state index contributed by atoms with van der Waals surface area (Å²) in [6, 6.07) is 6.40. The van der Waals surface area contributed by atoms with E-state index in [1.54, 1.807) is 6.92 Å². The second kappa shape index (κ2) is 5.00. The monoisotopic (exact) mass is 250 g/mol. The molecule has 0 aliphatic heterocycles. The van der Waals surface area contributed by atoms with Crippen molar-refractivity contribution in [3.63, 3.8) is 0 Å². The number of nitrogens with one attached hydrogen (secondary N) is 1. The average molecular weight is 250 g/mol. The topological polar surface area (TPSA) is 45.2 Å². The summed E-state index contributed by atoms with van der Waals surface area (Å²) in [5.74, 6) is -1.18. The van der Waals surface area contributed by atoms with Crippen LogP contribution in [0, 0.1) is 11.8 Å². The van der Waals surface area contributed by atoms with Crippen LogP contribution in [0.1, 0.15) is 18.5 Å². The van der Waals surface area contributed by atoms with Gasteiger partial charge in [0.2, 0.25) is 5.95 Å². The van der Waals surface area contributed by atoms with Crippen molar-refractivity contribution in [1.82, 2.24) is 4.98 Å². The smallest absolute Gasteiger partial charge is 0.212 e. The highest BCUT2D eigenvalue weighted by atomic mass is 19.1. The predicted octanol–water partition coefficient (Wildman–Crippen LogP) is 3.24. The lowest BCUT2D eigenvalue weighted by atomic mass is 10.1. The van der Waals surface area contributed by atoms with E-state index in [4.69, 9.17) is 5.11 Å². The maximum Gasteiger partial charge on any atom is 0.212 e. The van der Waals surface area contributed by atoms with Crippen LogP contribution in [0.2, 0.25) is 0 Å². The molecule has 2 aromatic rings. The molecule has 0 fully saturated rings. The van der Waals surface area contributed by atoms with Gasteiger partial charge in [0.25, 0.3) is 0 Å². The Hall–Kier alpha value is -2.17. The molecular weight excluding hydrogens is 238 g/mol. The minimum Gasteiger partial charge on any atom is -0.508 e. The number of phenols is 1. The molecule has 0 aliphatic rings. The van der Waals surface area contributed by atoms with Crippen molar-refractivity contribution in [2.24, 2.45) is 0 Å². The largest absolute Gasteiger partial charge is 0.508 e. The molecule has 1 aromatic carbocycles. The molecule has 0 aliphatic carbocycles. The first kappa shape index (κ1) is 12.3. The van der Waals surface area contributed by atoms with Gasteiger partial charge in [0.05, 0.1) is 17.9 Å². The zero-order valence-electron chi connectivity index (χ0n) is 9.69. The Kier molecular flexibility index (Phi) is 3.41. The molecule has 0 saturated heterocycles. The van der Waals surface area contributed by atoms with E-state index in [1.165, 1.54) is 30.5 Å². The number of hydrogen-bond acceptors (Lipinski definition) is 3. The molecular formula is C13H12F2N2O. The molecule has 5 heteroatoms. The molecule has 2 rings (SSSR count). The number of benzene rings is 1. The summed E-state index contributed by atoms with van der Waals surface area (Å²) >= 11 is 0. The van der Waals surface area contributed by atoms with Crippen LogP contribution in [0.15, 0.2) is 36.5 Å². The van der Waals surface area contributed by atoms with E-state index in [9.17, 15) is 8.78 Å². The fourth-order valence-electron chi connectivity index (χ4n) is 1.66. The molecule has 1 heterocycles. The maximum absolute atomic E-state index is 13.6. The van der Waals surface area contributed by atoms with Crippen molar-refractivity contribution < 1.29 is 13.9 Å². The van der Waals surface area contributed by atoms with Crippen LogP contribution in [0.5, 0.6) is 5.75 Å². The number of hydrogen-bond donors (Lipinski definition) is 2. The number of aromatic hydroxyl groups is 1. The van der Waals surface area contributed by atoms with E-state index in [-0.39, 0.29) is 11.8 Å². The molecule has 0 radical (unpaired) electrons. The normalized spacial score (nSPS) is 12.2. The minimum atomic E-state index is -0.566. The van der Waals surface area contributed by atoms with Gasteiger partial charge in [-0.3, -0.25) is 0 Å². The minimum absolute atomic E-state index is 0.119. The van der Waals surface area contributed by atoms with Gasteiger partial charge in [-0.05, 0) is 25.1 Å².